The number of benzene rings is 1. The maximum absolute atomic E-state index is 9.76. The van der Waals surface area contributed by atoms with E-state index in [1.54, 1.807) is 7.11 Å². The van der Waals surface area contributed by atoms with E-state index in [0.29, 0.717) is 13.2 Å². The van der Waals surface area contributed by atoms with Crippen molar-refractivity contribution in [1.29, 1.82) is 0 Å². The van der Waals surface area contributed by atoms with Crippen molar-refractivity contribution in [2.75, 3.05) is 26.8 Å². The minimum atomic E-state index is -0.520. The van der Waals surface area contributed by atoms with E-state index in [4.69, 9.17) is 9.47 Å². The molecule has 0 bridgehead atoms. The molecule has 0 spiro atoms. The Balaban J connectivity index is 2.21. The Hall–Kier alpha value is -1.10. The minimum absolute atomic E-state index is 0.148. The van der Waals surface area contributed by atoms with E-state index in [1.807, 2.05) is 38.1 Å². The van der Waals surface area contributed by atoms with Crippen molar-refractivity contribution in [3.05, 3.63) is 29.8 Å². The molecule has 1 aromatic rings. The Morgan fingerprint density at radius 3 is 2.67 bits per heavy atom. The van der Waals surface area contributed by atoms with Gasteiger partial charge in [-0.2, -0.15) is 0 Å². The number of aliphatic hydroxyl groups excluding tert-OH is 1. The SMILES string of the molecule is COC(C)CNCC(O)COc1ccccc1C. The van der Waals surface area contributed by atoms with Crippen LogP contribution >= 0.6 is 0 Å². The van der Waals surface area contributed by atoms with Crippen molar-refractivity contribution in [2.24, 2.45) is 0 Å². The molecule has 0 aliphatic heterocycles. The maximum atomic E-state index is 9.76. The summed E-state index contributed by atoms with van der Waals surface area (Å²) in [7, 11) is 1.67. The van der Waals surface area contributed by atoms with Crippen molar-refractivity contribution in [3.8, 4) is 5.75 Å². The van der Waals surface area contributed by atoms with Gasteiger partial charge >= 0.3 is 0 Å². The number of nitrogens with one attached hydrogen (secondary N) is 1. The van der Waals surface area contributed by atoms with Gasteiger partial charge in [0, 0.05) is 20.2 Å². The van der Waals surface area contributed by atoms with E-state index in [1.165, 1.54) is 0 Å². The van der Waals surface area contributed by atoms with Crippen LogP contribution in [0.4, 0.5) is 0 Å². The number of hydrogen-bond acceptors (Lipinski definition) is 4. The van der Waals surface area contributed by atoms with Crippen LogP contribution in [-0.4, -0.2) is 44.1 Å². The van der Waals surface area contributed by atoms with E-state index in [0.717, 1.165) is 17.9 Å². The van der Waals surface area contributed by atoms with Gasteiger partial charge in [-0.3, -0.25) is 0 Å². The van der Waals surface area contributed by atoms with Crippen LogP contribution in [0.15, 0.2) is 24.3 Å². The number of rotatable bonds is 8. The molecule has 0 aliphatic rings. The van der Waals surface area contributed by atoms with Gasteiger partial charge in [-0.25, -0.2) is 0 Å². The largest absolute Gasteiger partial charge is 0.491 e. The third kappa shape index (κ3) is 5.49. The monoisotopic (exact) mass is 253 g/mol. The molecule has 2 atom stereocenters. The third-order valence-corrected chi connectivity index (χ3v) is 2.74. The van der Waals surface area contributed by atoms with Gasteiger partial charge < -0.3 is 19.9 Å². The van der Waals surface area contributed by atoms with Gasteiger partial charge in [0.15, 0.2) is 0 Å². The van der Waals surface area contributed by atoms with Gasteiger partial charge in [0.25, 0.3) is 0 Å². The maximum Gasteiger partial charge on any atom is 0.122 e. The Morgan fingerprint density at radius 1 is 1.28 bits per heavy atom. The van der Waals surface area contributed by atoms with E-state index in [-0.39, 0.29) is 6.10 Å². The molecule has 0 aliphatic carbocycles. The molecule has 2 N–H and O–H groups in total. The highest BCUT2D eigenvalue weighted by atomic mass is 16.5. The smallest absolute Gasteiger partial charge is 0.122 e. The number of para-hydroxylation sites is 1. The van der Waals surface area contributed by atoms with Gasteiger partial charge in [0.1, 0.15) is 18.5 Å². The fourth-order valence-electron chi connectivity index (χ4n) is 1.50. The Bertz CT molecular complexity index is 344. The highest BCUT2D eigenvalue weighted by Gasteiger charge is 2.07. The second kappa shape index (κ2) is 8.08. The third-order valence-electron chi connectivity index (χ3n) is 2.74. The molecule has 102 valence electrons. The van der Waals surface area contributed by atoms with E-state index in [2.05, 4.69) is 5.32 Å². The first-order chi connectivity index (χ1) is 8.63. The van der Waals surface area contributed by atoms with Crippen LogP contribution in [0.25, 0.3) is 0 Å². The Morgan fingerprint density at radius 2 is 2.00 bits per heavy atom. The van der Waals surface area contributed by atoms with Crippen LogP contribution in [0.3, 0.4) is 0 Å². The molecule has 0 heterocycles. The average Bonchev–Trinajstić information content (AvgIpc) is 2.37. The summed E-state index contributed by atoms with van der Waals surface area (Å²) in [5.74, 6) is 0.821. The quantitative estimate of drug-likeness (QED) is 0.734. The summed E-state index contributed by atoms with van der Waals surface area (Å²) < 4.78 is 10.7. The van der Waals surface area contributed by atoms with E-state index >= 15 is 0 Å². The highest BCUT2D eigenvalue weighted by Crippen LogP contribution is 2.16. The summed E-state index contributed by atoms with van der Waals surface area (Å²) in [6.45, 7) is 5.47. The lowest BCUT2D eigenvalue weighted by Crippen LogP contribution is -2.35. The van der Waals surface area contributed by atoms with Crippen molar-refractivity contribution < 1.29 is 14.6 Å². The molecule has 4 heteroatoms. The molecule has 0 radical (unpaired) electrons. The molecule has 4 nitrogen and oxygen atoms in total. The molecule has 0 fully saturated rings. The molecular formula is C14H23NO3. The van der Waals surface area contributed by atoms with Crippen LogP contribution in [0.2, 0.25) is 0 Å². The molecular weight excluding hydrogens is 230 g/mol. The highest BCUT2D eigenvalue weighted by molar-refractivity contribution is 5.31. The van der Waals surface area contributed by atoms with E-state index in [9.17, 15) is 5.11 Å². The summed E-state index contributed by atoms with van der Waals surface area (Å²) in [6.07, 6.45) is -0.372. The fourth-order valence-corrected chi connectivity index (χ4v) is 1.50. The molecule has 0 saturated carbocycles. The molecule has 0 amide bonds. The molecule has 1 rings (SSSR count). The lowest BCUT2D eigenvalue weighted by atomic mass is 10.2. The lowest BCUT2D eigenvalue weighted by molar-refractivity contribution is 0.0902. The molecule has 18 heavy (non-hydrogen) atoms. The van der Waals surface area contributed by atoms with Crippen molar-refractivity contribution in [1.82, 2.24) is 5.32 Å². The van der Waals surface area contributed by atoms with Crippen molar-refractivity contribution in [3.63, 3.8) is 0 Å². The van der Waals surface area contributed by atoms with Crippen molar-refractivity contribution >= 4 is 0 Å². The second-order valence-corrected chi connectivity index (χ2v) is 4.43. The summed E-state index contributed by atoms with van der Waals surface area (Å²) in [4.78, 5) is 0. The van der Waals surface area contributed by atoms with Crippen LogP contribution in [-0.2, 0) is 4.74 Å². The van der Waals surface area contributed by atoms with Gasteiger partial charge in [-0.05, 0) is 25.5 Å². The number of hydrogen-bond donors (Lipinski definition) is 2. The summed E-state index contributed by atoms with van der Waals surface area (Å²) in [5, 5.41) is 12.9. The zero-order valence-corrected chi connectivity index (χ0v) is 11.3. The summed E-state index contributed by atoms with van der Waals surface area (Å²) >= 11 is 0. The zero-order chi connectivity index (χ0) is 13.4. The zero-order valence-electron chi connectivity index (χ0n) is 11.3. The molecule has 1 aromatic carbocycles. The number of methoxy groups -OCH3 is 1. The first-order valence-corrected chi connectivity index (χ1v) is 6.23. The molecule has 2 unspecified atom stereocenters. The predicted molar refractivity (Wildman–Crippen MR) is 72.0 cm³/mol. The van der Waals surface area contributed by atoms with Gasteiger partial charge in [-0.15, -0.1) is 0 Å². The minimum Gasteiger partial charge on any atom is -0.491 e. The van der Waals surface area contributed by atoms with Crippen LogP contribution in [0.5, 0.6) is 5.75 Å². The second-order valence-electron chi connectivity index (χ2n) is 4.43. The predicted octanol–water partition coefficient (Wildman–Crippen LogP) is 1.36. The first-order valence-electron chi connectivity index (χ1n) is 6.23. The fraction of sp³-hybridized carbons (Fsp3) is 0.571. The lowest BCUT2D eigenvalue weighted by Gasteiger charge is -2.16. The van der Waals surface area contributed by atoms with Crippen LogP contribution < -0.4 is 10.1 Å². The molecule has 0 aromatic heterocycles. The van der Waals surface area contributed by atoms with Crippen molar-refractivity contribution in [2.45, 2.75) is 26.1 Å². The summed E-state index contributed by atoms with van der Waals surface area (Å²) in [6, 6.07) is 7.78. The summed E-state index contributed by atoms with van der Waals surface area (Å²) in [5.41, 5.74) is 1.07. The molecule has 0 saturated heterocycles. The van der Waals surface area contributed by atoms with Gasteiger partial charge in [0.2, 0.25) is 0 Å². The standard InChI is InChI=1S/C14H23NO3/c1-11-6-4-5-7-14(11)18-10-13(16)9-15-8-12(2)17-3/h4-7,12-13,15-16H,8-10H2,1-3H3. The Labute approximate surface area is 109 Å². The number of aryl methyl sites for hydroxylation is 1. The Kier molecular flexibility index (Phi) is 6.72. The average molecular weight is 253 g/mol. The van der Waals surface area contributed by atoms with E-state index < -0.39 is 6.10 Å². The van der Waals surface area contributed by atoms with Gasteiger partial charge in [0.05, 0.1) is 6.10 Å². The first kappa shape index (κ1) is 15.0. The van der Waals surface area contributed by atoms with Gasteiger partial charge in [-0.1, -0.05) is 18.2 Å². The number of aliphatic hydroxyl groups is 1. The van der Waals surface area contributed by atoms with Crippen LogP contribution in [0, 0.1) is 6.92 Å². The topological polar surface area (TPSA) is 50.7 Å². The van der Waals surface area contributed by atoms with Crippen LogP contribution in [0.1, 0.15) is 12.5 Å². The number of ether oxygens (including phenoxy) is 2. The normalized spacial score (nSPS) is 14.2.